The third-order valence-corrected chi connectivity index (χ3v) is 3.72. The number of nitrogens with zero attached hydrogens (tertiary/aromatic N) is 5. The zero-order valence-electron chi connectivity index (χ0n) is 14.0. The predicted octanol–water partition coefficient (Wildman–Crippen LogP) is 2.23. The Bertz CT molecular complexity index is 867. The molecule has 3 rings (SSSR count). The van der Waals surface area contributed by atoms with Crippen LogP contribution in [0, 0.1) is 0 Å². The molecule has 0 aliphatic carbocycles. The van der Waals surface area contributed by atoms with E-state index in [1.54, 1.807) is 7.05 Å². The van der Waals surface area contributed by atoms with Gasteiger partial charge in [0.1, 0.15) is 0 Å². The van der Waals surface area contributed by atoms with Gasteiger partial charge in [-0.25, -0.2) is 9.67 Å². The number of imidazole rings is 1. The molecule has 3 aromatic rings. The summed E-state index contributed by atoms with van der Waals surface area (Å²) in [5.41, 5.74) is 1.84. The second-order valence-corrected chi connectivity index (χ2v) is 5.43. The number of ether oxygens (including phenoxy) is 1. The van der Waals surface area contributed by atoms with Crippen molar-refractivity contribution in [2.75, 3.05) is 12.4 Å². The highest BCUT2D eigenvalue weighted by Gasteiger charge is 2.19. The molecule has 1 amide bonds. The molecule has 2 heterocycles. The number of amides is 1. The quantitative estimate of drug-likeness (QED) is 0.750. The number of nitrogens with one attached hydrogen (secondary N) is 1. The van der Waals surface area contributed by atoms with E-state index < -0.39 is 5.91 Å². The fraction of sp³-hybridized carbons (Fsp3) is 0.375. The number of fused-ring (bicyclic) bond motifs is 1. The molecule has 126 valence electrons. The SMILES string of the molecule is CCCCn1c(NC(=O)c2nc(OC)n(C)n2)nc2ccccc21. The van der Waals surface area contributed by atoms with Gasteiger partial charge < -0.3 is 9.30 Å². The first kappa shape index (κ1) is 16.0. The van der Waals surface area contributed by atoms with E-state index in [9.17, 15) is 4.79 Å². The molecule has 0 aliphatic rings. The van der Waals surface area contributed by atoms with Gasteiger partial charge in [0.15, 0.2) is 0 Å². The van der Waals surface area contributed by atoms with Crippen LogP contribution in [0.5, 0.6) is 6.01 Å². The van der Waals surface area contributed by atoms with Crippen molar-refractivity contribution in [3.05, 3.63) is 30.1 Å². The van der Waals surface area contributed by atoms with Crippen LogP contribution in [0.15, 0.2) is 24.3 Å². The van der Waals surface area contributed by atoms with Gasteiger partial charge in [0.05, 0.1) is 18.1 Å². The zero-order valence-corrected chi connectivity index (χ0v) is 14.0. The number of carbonyl (C=O) groups excluding carboxylic acids is 1. The molecule has 0 bridgehead atoms. The molecule has 0 atom stereocenters. The number of methoxy groups -OCH3 is 1. The number of benzene rings is 1. The number of para-hydroxylation sites is 2. The lowest BCUT2D eigenvalue weighted by Gasteiger charge is -2.08. The van der Waals surface area contributed by atoms with E-state index in [4.69, 9.17) is 4.74 Å². The number of aromatic nitrogens is 5. The molecule has 1 N–H and O–H groups in total. The zero-order chi connectivity index (χ0) is 17.1. The molecule has 8 heteroatoms. The van der Waals surface area contributed by atoms with Gasteiger partial charge in [-0.05, 0) is 18.6 Å². The van der Waals surface area contributed by atoms with Gasteiger partial charge in [-0.1, -0.05) is 25.5 Å². The Labute approximate surface area is 139 Å². The first-order chi connectivity index (χ1) is 11.6. The van der Waals surface area contributed by atoms with Gasteiger partial charge in [0.2, 0.25) is 11.8 Å². The van der Waals surface area contributed by atoms with E-state index in [1.807, 2.05) is 28.8 Å². The lowest BCUT2D eigenvalue weighted by atomic mass is 10.3. The first-order valence-electron chi connectivity index (χ1n) is 7.85. The molecule has 2 aromatic heterocycles. The molecule has 0 fully saturated rings. The maximum Gasteiger partial charge on any atom is 0.314 e. The fourth-order valence-electron chi connectivity index (χ4n) is 2.52. The van der Waals surface area contributed by atoms with Crippen molar-refractivity contribution in [2.24, 2.45) is 7.05 Å². The Morgan fingerprint density at radius 3 is 2.79 bits per heavy atom. The highest BCUT2D eigenvalue weighted by molar-refractivity contribution is 6.01. The van der Waals surface area contributed by atoms with Gasteiger partial charge in [-0.3, -0.25) is 10.1 Å². The smallest absolute Gasteiger partial charge is 0.314 e. The van der Waals surface area contributed by atoms with Crippen LogP contribution in [0.3, 0.4) is 0 Å². The van der Waals surface area contributed by atoms with Crippen LogP contribution in [0.25, 0.3) is 11.0 Å². The van der Waals surface area contributed by atoms with Crippen molar-refractivity contribution in [3.8, 4) is 6.01 Å². The Balaban J connectivity index is 1.91. The van der Waals surface area contributed by atoms with Crippen molar-refractivity contribution in [2.45, 2.75) is 26.3 Å². The largest absolute Gasteiger partial charge is 0.467 e. The number of unbranched alkanes of at least 4 members (excludes halogenated alkanes) is 1. The molecule has 24 heavy (non-hydrogen) atoms. The van der Waals surface area contributed by atoms with Gasteiger partial charge >= 0.3 is 6.01 Å². The summed E-state index contributed by atoms with van der Waals surface area (Å²) in [6.45, 7) is 2.91. The Morgan fingerprint density at radius 1 is 1.29 bits per heavy atom. The standard InChI is InChI=1S/C16H20N6O2/c1-4-5-10-22-12-9-7-6-8-11(12)17-15(22)19-14(23)13-18-16(24-3)21(2)20-13/h6-9H,4-5,10H2,1-3H3,(H,17,19,23). The van der Waals surface area contributed by atoms with Crippen LogP contribution >= 0.6 is 0 Å². The number of hydrogen-bond acceptors (Lipinski definition) is 5. The summed E-state index contributed by atoms with van der Waals surface area (Å²) in [5.74, 6) is 0.131. The molecule has 8 nitrogen and oxygen atoms in total. The monoisotopic (exact) mass is 328 g/mol. The second-order valence-electron chi connectivity index (χ2n) is 5.43. The van der Waals surface area contributed by atoms with Crippen LogP contribution in [-0.4, -0.2) is 37.3 Å². The van der Waals surface area contributed by atoms with Gasteiger partial charge in [0, 0.05) is 13.6 Å². The predicted molar refractivity (Wildman–Crippen MR) is 90.1 cm³/mol. The molecular formula is C16H20N6O2. The van der Waals surface area contributed by atoms with Crippen LogP contribution < -0.4 is 10.1 Å². The topological polar surface area (TPSA) is 86.9 Å². The maximum atomic E-state index is 12.4. The fourth-order valence-corrected chi connectivity index (χ4v) is 2.52. The summed E-state index contributed by atoms with van der Waals surface area (Å²) in [4.78, 5) is 21.0. The lowest BCUT2D eigenvalue weighted by Crippen LogP contribution is -2.18. The molecular weight excluding hydrogens is 308 g/mol. The average molecular weight is 328 g/mol. The number of hydrogen-bond donors (Lipinski definition) is 1. The van der Waals surface area contributed by atoms with E-state index in [0.29, 0.717) is 5.95 Å². The highest BCUT2D eigenvalue weighted by Crippen LogP contribution is 2.21. The van der Waals surface area contributed by atoms with Crippen LogP contribution in [0.4, 0.5) is 5.95 Å². The van der Waals surface area contributed by atoms with Crippen molar-refractivity contribution >= 4 is 22.9 Å². The first-order valence-corrected chi connectivity index (χ1v) is 7.85. The minimum Gasteiger partial charge on any atom is -0.467 e. The van der Waals surface area contributed by atoms with E-state index in [-0.39, 0.29) is 11.8 Å². The molecule has 0 saturated heterocycles. The highest BCUT2D eigenvalue weighted by atomic mass is 16.5. The summed E-state index contributed by atoms with van der Waals surface area (Å²) in [5, 5.41) is 6.86. The van der Waals surface area contributed by atoms with Crippen molar-refractivity contribution in [3.63, 3.8) is 0 Å². The number of aryl methyl sites for hydroxylation is 2. The van der Waals surface area contributed by atoms with E-state index in [1.165, 1.54) is 11.8 Å². The second kappa shape index (κ2) is 6.69. The van der Waals surface area contributed by atoms with Crippen LogP contribution in [0.1, 0.15) is 30.4 Å². The van der Waals surface area contributed by atoms with Gasteiger partial charge in [-0.2, -0.15) is 4.98 Å². The number of anilines is 1. The average Bonchev–Trinajstić information content (AvgIpc) is 3.13. The summed E-state index contributed by atoms with van der Waals surface area (Å²) in [6.07, 6.45) is 2.05. The molecule has 0 aliphatic heterocycles. The van der Waals surface area contributed by atoms with Gasteiger partial charge in [0.25, 0.3) is 5.91 Å². The van der Waals surface area contributed by atoms with E-state index in [2.05, 4.69) is 27.3 Å². The third-order valence-electron chi connectivity index (χ3n) is 3.72. The summed E-state index contributed by atoms with van der Waals surface area (Å²) >= 11 is 0. The minimum absolute atomic E-state index is 0.0449. The Hall–Kier alpha value is -2.90. The maximum absolute atomic E-state index is 12.4. The van der Waals surface area contributed by atoms with Crippen molar-refractivity contribution in [1.82, 2.24) is 24.3 Å². The summed E-state index contributed by atoms with van der Waals surface area (Å²) in [7, 11) is 3.15. The normalized spacial score (nSPS) is 11.0. The Morgan fingerprint density at radius 2 is 2.08 bits per heavy atom. The van der Waals surface area contributed by atoms with Crippen molar-refractivity contribution in [1.29, 1.82) is 0 Å². The van der Waals surface area contributed by atoms with Crippen molar-refractivity contribution < 1.29 is 9.53 Å². The van der Waals surface area contributed by atoms with Crippen LogP contribution in [0.2, 0.25) is 0 Å². The number of carbonyl (C=O) groups is 1. The molecule has 0 spiro atoms. The molecule has 0 saturated carbocycles. The van der Waals surface area contributed by atoms with E-state index >= 15 is 0 Å². The third kappa shape index (κ3) is 2.94. The summed E-state index contributed by atoms with van der Waals surface area (Å²) < 4.78 is 8.46. The Kier molecular flexibility index (Phi) is 4.45. The molecule has 0 unspecified atom stereocenters. The number of rotatable bonds is 6. The van der Waals surface area contributed by atoms with E-state index in [0.717, 1.165) is 30.4 Å². The molecule has 1 aromatic carbocycles. The van der Waals surface area contributed by atoms with Gasteiger partial charge in [-0.15, -0.1) is 5.10 Å². The summed E-state index contributed by atoms with van der Waals surface area (Å²) in [6, 6.07) is 8.09. The minimum atomic E-state index is -0.415. The lowest BCUT2D eigenvalue weighted by molar-refractivity contribution is 0.101. The van der Waals surface area contributed by atoms with Crippen LogP contribution in [-0.2, 0) is 13.6 Å². The molecule has 0 radical (unpaired) electrons.